The molecule has 0 aliphatic rings. The highest BCUT2D eigenvalue weighted by molar-refractivity contribution is 5.75. The highest BCUT2D eigenvalue weighted by Crippen LogP contribution is 2.10. The van der Waals surface area contributed by atoms with E-state index in [0.717, 1.165) is 17.3 Å². The van der Waals surface area contributed by atoms with Crippen LogP contribution in [0.3, 0.4) is 0 Å². The second kappa shape index (κ2) is 19.8. The van der Waals surface area contributed by atoms with Gasteiger partial charge in [0.15, 0.2) is 6.17 Å². The van der Waals surface area contributed by atoms with Crippen LogP contribution in [0.4, 0.5) is 0 Å². The second-order valence-electron chi connectivity index (χ2n) is 8.94. The fourth-order valence-corrected chi connectivity index (χ4v) is 3.46. The van der Waals surface area contributed by atoms with Crippen LogP contribution in [-0.4, -0.2) is 37.7 Å². The van der Waals surface area contributed by atoms with Crippen LogP contribution < -0.4 is 17.7 Å². The van der Waals surface area contributed by atoms with E-state index in [-0.39, 0.29) is 24.5 Å². The lowest BCUT2D eigenvalue weighted by Gasteiger charge is -2.33. The lowest BCUT2D eigenvalue weighted by atomic mass is 10.1. The summed E-state index contributed by atoms with van der Waals surface area (Å²) < 4.78 is 0.786. The molecule has 0 aromatic rings. The van der Waals surface area contributed by atoms with Crippen molar-refractivity contribution in [2.75, 3.05) is 21.1 Å². The van der Waals surface area contributed by atoms with E-state index < -0.39 is 0 Å². The molecule has 0 rings (SSSR count). The first-order chi connectivity index (χ1) is 12.9. The Labute approximate surface area is 182 Å². The number of nitrogens with one attached hydrogen (secondary N) is 1. The topological polar surface area (TPSA) is 29.1 Å². The molecule has 0 spiro atoms. The number of hydrogen-bond acceptors (Lipinski definition) is 1. The van der Waals surface area contributed by atoms with Gasteiger partial charge in [-0.15, -0.1) is 0 Å². The molecule has 1 N–H and O–H groups in total. The van der Waals surface area contributed by atoms with Gasteiger partial charge in [0, 0.05) is 12.8 Å². The predicted molar refractivity (Wildman–Crippen MR) is 120 cm³/mol. The van der Waals surface area contributed by atoms with Crippen molar-refractivity contribution in [1.29, 1.82) is 0 Å². The number of quaternary nitrogens is 1. The second-order valence-corrected chi connectivity index (χ2v) is 8.94. The monoisotopic (exact) mass is 416 g/mol. The van der Waals surface area contributed by atoms with Gasteiger partial charge in [0.2, 0.25) is 5.91 Å². The van der Waals surface area contributed by atoms with Gasteiger partial charge in [-0.3, -0.25) is 4.79 Å². The normalized spacial score (nSPS) is 12.8. The fraction of sp³-hybridized carbons (Fsp3) is 0.875. The van der Waals surface area contributed by atoms with E-state index in [4.69, 9.17) is 0 Å². The van der Waals surface area contributed by atoms with Crippen LogP contribution in [0.15, 0.2) is 12.2 Å². The van der Waals surface area contributed by atoms with Crippen molar-refractivity contribution in [3.8, 4) is 0 Å². The summed E-state index contributed by atoms with van der Waals surface area (Å²) in [6.45, 7) is 4.41. The van der Waals surface area contributed by atoms with Gasteiger partial charge in [0.05, 0.1) is 21.1 Å². The van der Waals surface area contributed by atoms with Gasteiger partial charge in [-0.25, -0.2) is 0 Å². The summed E-state index contributed by atoms with van der Waals surface area (Å²) in [5.74, 6) is 0.215. The molecule has 0 bridgehead atoms. The van der Waals surface area contributed by atoms with E-state index in [1.54, 1.807) is 0 Å². The van der Waals surface area contributed by atoms with Gasteiger partial charge in [0.25, 0.3) is 0 Å². The molecule has 0 aromatic heterocycles. The molecule has 0 aliphatic heterocycles. The standard InChI is InChI=1S/C24H48N2O.ClH/c1-6-8-9-10-11-12-13-14-15-16-17-18-19-20-21-22-24(27)25-23(7-2)26(3,4)5;/h14-15,23H,6-13,16-22H2,1-5H3;1H/b15-14-;. The third-order valence-electron chi connectivity index (χ3n) is 5.31. The molecule has 4 heteroatoms. The van der Waals surface area contributed by atoms with Crippen LogP contribution in [0, 0.1) is 0 Å². The van der Waals surface area contributed by atoms with E-state index in [2.05, 4.69) is 52.5 Å². The van der Waals surface area contributed by atoms with Gasteiger partial charge in [0.1, 0.15) is 0 Å². The minimum atomic E-state index is 0. The fourth-order valence-electron chi connectivity index (χ4n) is 3.46. The molecule has 0 heterocycles. The number of carbonyl (C=O) groups excluding carboxylic acids is 1. The molecule has 1 unspecified atom stereocenters. The maximum atomic E-state index is 12.1. The van der Waals surface area contributed by atoms with Crippen molar-refractivity contribution >= 4 is 5.91 Å². The maximum absolute atomic E-state index is 12.1. The van der Waals surface area contributed by atoms with Crippen LogP contribution in [-0.2, 0) is 4.79 Å². The first-order valence-electron chi connectivity index (χ1n) is 11.7. The van der Waals surface area contributed by atoms with Gasteiger partial charge < -0.3 is 22.2 Å². The van der Waals surface area contributed by atoms with Crippen molar-refractivity contribution in [3.63, 3.8) is 0 Å². The van der Waals surface area contributed by atoms with E-state index in [1.165, 1.54) is 77.0 Å². The highest BCUT2D eigenvalue weighted by atomic mass is 35.5. The lowest BCUT2D eigenvalue weighted by Crippen LogP contribution is -3.00. The minimum Gasteiger partial charge on any atom is -1.00 e. The van der Waals surface area contributed by atoms with Crippen molar-refractivity contribution in [1.82, 2.24) is 5.32 Å². The number of carbonyl (C=O) groups is 1. The van der Waals surface area contributed by atoms with E-state index in [1.807, 2.05) is 0 Å². The van der Waals surface area contributed by atoms with E-state index in [0.29, 0.717) is 6.42 Å². The summed E-state index contributed by atoms with van der Waals surface area (Å²) in [6.07, 6.45) is 23.4. The summed E-state index contributed by atoms with van der Waals surface area (Å²) in [7, 11) is 6.41. The van der Waals surface area contributed by atoms with E-state index in [9.17, 15) is 4.79 Å². The Bertz CT molecular complexity index is 377. The number of amides is 1. The molecule has 0 fully saturated rings. The SMILES string of the molecule is CCCCCCCC/C=C\CCCCCCCC(=O)NC(CC)[N+](C)(C)C.[Cl-]. The zero-order chi connectivity index (χ0) is 20.4. The van der Waals surface area contributed by atoms with Crippen LogP contribution >= 0.6 is 0 Å². The molecular formula is C24H49ClN2O. The Morgan fingerprint density at radius 2 is 1.25 bits per heavy atom. The van der Waals surface area contributed by atoms with Crippen molar-refractivity contribution in [3.05, 3.63) is 12.2 Å². The van der Waals surface area contributed by atoms with E-state index >= 15 is 0 Å². The number of rotatable bonds is 18. The minimum absolute atomic E-state index is 0. The zero-order valence-electron chi connectivity index (χ0n) is 19.6. The number of hydrogen-bond donors (Lipinski definition) is 1. The summed E-state index contributed by atoms with van der Waals surface area (Å²) in [6, 6.07) is 0. The van der Waals surface area contributed by atoms with Gasteiger partial charge >= 0.3 is 0 Å². The molecule has 0 saturated carbocycles. The molecular weight excluding hydrogens is 368 g/mol. The molecule has 3 nitrogen and oxygen atoms in total. The van der Waals surface area contributed by atoms with Crippen molar-refractivity contribution < 1.29 is 21.7 Å². The van der Waals surface area contributed by atoms with Crippen LogP contribution in [0.5, 0.6) is 0 Å². The lowest BCUT2D eigenvalue weighted by molar-refractivity contribution is -0.898. The van der Waals surface area contributed by atoms with Gasteiger partial charge in [-0.2, -0.15) is 0 Å². The van der Waals surface area contributed by atoms with Crippen LogP contribution in [0.1, 0.15) is 110 Å². The summed E-state index contributed by atoms with van der Waals surface area (Å²) in [5.41, 5.74) is 0. The summed E-state index contributed by atoms with van der Waals surface area (Å²) in [5, 5.41) is 3.18. The van der Waals surface area contributed by atoms with Crippen molar-refractivity contribution in [2.24, 2.45) is 0 Å². The molecule has 0 aromatic carbocycles. The molecule has 28 heavy (non-hydrogen) atoms. The zero-order valence-corrected chi connectivity index (χ0v) is 20.3. The molecule has 1 amide bonds. The van der Waals surface area contributed by atoms with Crippen LogP contribution in [0.2, 0.25) is 0 Å². The largest absolute Gasteiger partial charge is 1.00 e. The number of nitrogens with zero attached hydrogens (tertiary/aromatic N) is 1. The Hall–Kier alpha value is -0.540. The predicted octanol–water partition coefficient (Wildman–Crippen LogP) is 3.59. The maximum Gasteiger partial charge on any atom is 0.224 e. The van der Waals surface area contributed by atoms with Gasteiger partial charge in [-0.05, 0) is 32.1 Å². The molecule has 1 atom stereocenters. The summed E-state index contributed by atoms with van der Waals surface area (Å²) >= 11 is 0. The Morgan fingerprint density at radius 3 is 1.71 bits per heavy atom. The molecule has 0 radical (unpaired) electrons. The average molecular weight is 417 g/mol. The Morgan fingerprint density at radius 1 is 0.786 bits per heavy atom. The average Bonchev–Trinajstić information content (AvgIpc) is 2.62. The molecule has 168 valence electrons. The van der Waals surface area contributed by atoms with Gasteiger partial charge in [-0.1, -0.05) is 77.4 Å². The highest BCUT2D eigenvalue weighted by Gasteiger charge is 2.22. The Kier molecular flexibility index (Phi) is 20.9. The third kappa shape index (κ3) is 18.8. The first kappa shape index (κ1) is 29.7. The first-order valence-corrected chi connectivity index (χ1v) is 11.7. The molecule has 0 aliphatic carbocycles. The number of halogens is 1. The molecule has 0 saturated heterocycles. The number of allylic oxidation sites excluding steroid dienone is 2. The summed E-state index contributed by atoms with van der Waals surface area (Å²) in [4.78, 5) is 12.1. The van der Waals surface area contributed by atoms with Crippen LogP contribution in [0.25, 0.3) is 0 Å². The quantitative estimate of drug-likeness (QED) is 0.157. The number of unbranched alkanes of at least 4 members (excludes halogenated alkanes) is 11. The third-order valence-corrected chi connectivity index (χ3v) is 5.31. The van der Waals surface area contributed by atoms with Crippen molar-refractivity contribution in [2.45, 2.75) is 116 Å². The smallest absolute Gasteiger partial charge is 0.224 e. The Balaban J connectivity index is 0.